The van der Waals surface area contributed by atoms with Gasteiger partial charge in [-0.25, -0.2) is 4.98 Å². The number of rotatable bonds is 5. The largest absolute Gasteiger partial charge is 0.507 e. The van der Waals surface area contributed by atoms with Crippen LogP contribution in [0.2, 0.25) is 0 Å². The van der Waals surface area contributed by atoms with Gasteiger partial charge in [-0.15, -0.1) is 11.3 Å². The van der Waals surface area contributed by atoms with Crippen LogP contribution in [0.25, 0.3) is 86.9 Å². The number of nitrogens with zero attached hydrogens (tertiary/aromatic N) is 2. The normalized spacial score (nSPS) is 12.4. The lowest BCUT2D eigenvalue weighted by Gasteiger charge is -2.19. The monoisotopic (exact) mass is 718 g/mol. The molecule has 0 amide bonds. The number of fused-ring (bicyclic) bond motifs is 7. The van der Waals surface area contributed by atoms with Crippen molar-refractivity contribution in [3.8, 4) is 38.6 Å². The van der Waals surface area contributed by atoms with Crippen LogP contribution in [0.5, 0.6) is 5.75 Å². The number of hydrogen-bond donors (Lipinski definition) is 1. The molecule has 0 spiro atoms. The Morgan fingerprint density at radius 2 is 1.31 bits per heavy atom. The van der Waals surface area contributed by atoms with E-state index in [0.717, 1.165) is 98.2 Å². The van der Waals surface area contributed by atoms with Crippen molar-refractivity contribution in [3.05, 3.63) is 151 Å². The second kappa shape index (κ2) is 12.3. The Balaban J connectivity index is 1.17. The lowest BCUT2D eigenvalue weighted by molar-refractivity contribution is 0.473. The summed E-state index contributed by atoms with van der Waals surface area (Å²) in [6.45, 7) is 6.48. The molecule has 0 radical (unpaired) electrons. The Morgan fingerprint density at radius 3 is 2.15 bits per heavy atom. The molecule has 0 bridgehead atoms. The second-order valence-corrected chi connectivity index (χ2v) is 15.8. The van der Waals surface area contributed by atoms with Crippen molar-refractivity contribution in [2.75, 3.05) is 0 Å². The van der Waals surface area contributed by atoms with Crippen LogP contribution in [0.4, 0.5) is 5.69 Å². The molecule has 0 atom stereocenters. The van der Waals surface area contributed by atoms with E-state index in [2.05, 4.69) is 93.6 Å². The molecule has 0 aliphatic carbocycles. The summed E-state index contributed by atoms with van der Waals surface area (Å²) in [5.74, 6) is 0.197. The number of aromatic hydroxyl groups is 1. The van der Waals surface area contributed by atoms with Gasteiger partial charge >= 0.3 is 0 Å². The van der Waals surface area contributed by atoms with Crippen molar-refractivity contribution >= 4 is 77.3 Å². The number of thiazole rings is 1. The molecular formula is C48H34N2O3S. The molecule has 7 aromatic carbocycles. The summed E-state index contributed by atoms with van der Waals surface area (Å²) in [5, 5.41) is 15.9. The summed E-state index contributed by atoms with van der Waals surface area (Å²) < 4.78 is 13.8. The lowest BCUT2D eigenvalue weighted by atomic mass is 9.86. The van der Waals surface area contributed by atoms with Crippen molar-refractivity contribution in [3.63, 3.8) is 0 Å². The number of aromatic nitrogens is 1. The average Bonchev–Trinajstić information content (AvgIpc) is 3.90. The Morgan fingerprint density at radius 1 is 0.611 bits per heavy atom. The minimum Gasteiger partial charge on any atom is -0.507 e. The van der Waals surface area contributed by atoms with Gasteiger partial charge in [0.2, 0.25) is 0 Å². The van der Waals surface area contributed by atoms with Gasteiger partial charge in [0, 0.05) is 50.0 Å². The van der Waals surface area contributed by atoms with Gasteiger partial charge in [0.25, 0.3) is 0 Å². The van der Waals surface area contributed by atoms with Crippen LogP contribution in [-0.4, -0.2) is 16.3 Å². The van der Waals surface area contributed by atoms with Crippen LogP contribution in [0.3, 0.4) is 0 Å². The summed E-state index contributed by atoms with van der Waals surface area (Å²) in [4.78, 5) is 10.3. The van der Waals surface area contributed by atoms with E-state index in [9.17, 15) is 5.11 Å². The molecular weight excluding hydrogens is 685 g/mol. The number of para-hydroxylation sites is 4. The summed E-state index contributed by atoms with van der Waals surface area (Å²) in [6.07, 6.45) is 1.75. The quantitative estimate of drug-likeness (QED) is 0.180. The van der Waals surface area contributed by atoms with Crippen LogP contribution < -0.4 is 0 Å². The van der Waals surface area contributed by atoms with E-state index in [1.807, 2.05) is 60.7 Å². The molecule has 10 rings (SSSR count). The molecule has 0 aliphatic heterocycles. The van der Waals surface area contributed by atoms with Crippen LogP contribution >= 0.6 is 11.3 Å². The van der Waals surface area contributed by atoms with Crippen molar-refractivity contribution in [2.24, 2.45) is 4.99 Å². The highest BCUT2D eigenvalue weighted by atomic mass is 32.1. The highest BCUT2D eigenvalue weighted by Gasteiger charge is 2.20. The molecule has 0 saturated carbocycles. The average molecular weight is 719 g/mol. The first-order valence-electron chi connectivity index (χ1n) is 18.0. The van der Waals surface area contributed by atoms with E-state index in [4.69, 9.17) is 18.8 Å². The Kier molecular flexibility index (Phi) is 7.32. The van der Waals surface area contributed by atoms with Crippen LogP contribution in [0.15, 0.2) is 153 Å². The zero-order valence-corrected chi connectivity index (χ0v) is 30.7. The molecule has 0 fully saturated rings. The summed E-state index contributed by atoms with van der Waals surface area (Å²) in [6, 6.07) is 47.4. The zero-order valence-electron chi connectivity index (χ0n) is 29.9. The lowest BCUT2D eigenvalue weighted by Crippen LogP contribution is -2.11. The van der Waals surface area contributed by atoms with Gasteiger partial charge in [-0.2, -0.15) is 0 Å². The molecule has 10 aromatic rings. The number of phenolic OH excluding ortho intramolecular Hbond substituents is 1. The fourth-order valence-electron chi connectivity index (χ4n) is 7.41. The van der Waals surface area contributed by atoms with E-state index in [-0.39, 0.29) is 11.2 Å². The Hall–Kier alpha value is -6.50. The minimum absolute atomic E-state index is 0.0590. The second-order valence-electron chi connectivity index (χ2n) is 14.8. The molecule has 0 unspecified atom stereocenters. The van der Waals surface area contributed by atoms with Gasteiger partial charge in [-0.3, -0.25) is 4.99 Å². The highest BCUT2D eigenvalue weighted by molar-refractivity contribution is 7.21. The van der Waals surface area contributed by atoms with Gasteiger partial charge in [0.05, 0.1) is 15.9 Å². The molecule has 260 valence electrons. The summed E-state index contributed by atoms with van der Waals surface area (Å²) >= 11 is 1.65. The number of phenols is 1. The summed E-state index contributed by atoms with van der Waals surface area (Å²) in [7, 11) is 0. The predicted octanol–water partition coefficient (Wildman–Crippen LogP) is 13.8. The third-order valence-corrected chi connectivity index (χ3v) is 11.3. The first-order valence-corrected chi connectivity index (χ1v) is 18.8. The molecule has 54 heavy (non-hydrogen) atoms. The fraction of sp³-hybridized carbons (Fsp3) is 0.0833. The molecule has 0 aliphatic rings. The van der Waals surface area contributed by atoms with Gasteiger partial charge < -0.3 is 13.9 Å². The van der Waals surface area contributed by atoms with Crippen molar-refractivity contribution in [2.45, 2.75) is 26.2 Å². The minimum atomic E-state index is -0.0590. The standard InChI is InChI=1S/C48H34N2O3S/c1-48(2,3)31-20-21-40(51)30(23-31)27-49-39-16-7-4-13-36(39)47-50-45-38(35-15-10-14-34-32-11-5-9-18-42(32)53-46(34)35)25-29(26-44(45)54-47)28-19-22-43-37(24-28)33-12-6-8-17-41(33)52-43/h4-27,51H,1-3H3. The maximum Gasteiger partial charge on any atom is 0.143 e. The van der Waals surface area contributed by atoms with Crippen LogP contribution in [0.1, 0.15) is 31.9 Å². The third kappa shape index (κ3) is 5.37. The zero-order chi connectivity index (χ0) is 36.6. The van der Waals surface area contributed by atoms with Crippen LogP contribution in [0, 0.1) is 0 Å². The maximum absolute atomic E-state index is 10.7. The number of aliphatic imine (C=N–C) groups is 1. The maximum atomic E-state index is 10.7. The fourth-order valence-corrected chi connectivity index (χ4v) is 8.48. The van der Waals surface area contributed by atoms with E-state index in [1.54, 1.807) is 23.6 Å². The van der Waals surface area contributed by atoms with Crippen LogP contribution in [-0.2, 0) is 5.41 Å². The molecule has 3 aromatic heterocycles. The Bertz CT molecular complexity index is 3120. The first-order chi connectivity index (χ1) is 26.3. The van der Waals surface area contributed by atoms with Gasteiger partial charge in [-0.1, -0.05) is 99.6 Å². The van der Waals surface area contributed by atoms with Gasteiger partial charge in [0.1, 0.15) is 33.1 Å². The molecule has 1 N–H and O–H groups in total. The van der Waals surface area contributed by atoms with Gasteiger partial charge in [-0.05, 0) is 82.8 Å². The van der Waals surface area contributed by atoms with Crippen molar-refractivity contribution in [1.82, 2.24) is 4.98 Å². The van der Waals surface area contributed by atoms with E-state index < -0.39 is 0 Å². The number of benzene rings is 7. The predicted molar refractivity (Wildman–Crippen MR) is 225 cm³/mol. The SMILES string of the molecule is CC(C)(C)c1ccc(O)c(C=Nc2ccccc2-c2nc3c(-c4cccc5c4oc4ccccc45)cc(-c4ccc5oc6ccccc6c5c4)cc3s2)c1. The first kappa shape index (κ1) is 32.2. The van der Waals surface area contributed by atoms with Crippen molar-refractivity contribution in [1.29, 1.82) is 0 Å². The Labute approximate surface area is 315 Å². The van der Waals surface area contributed by atoms with Crippen molar-refractivity contribution < 1.29 is 13.9 Å². The number of hydrogen-bond acceptors (Lipinski definition) is 6. The topological polar surface area (TPSA) is 71.8 Å². The van der Waals surface area contributed by atoms with Gasteiger partial charge in [0.15, 0.2) is 0 Å². The van der Waals surface area contributed by atoms with E-state index in [0.29, 0.717) is 5.56 Å². The summed E-state index contributed by atoms with van der Waals surface area (Å²) in [5.41, 5.74) is 11.9. The molecule has 5 nitrogen and oxygen atoms in total. The highest BCUT2D eigenvalue weighted by Crippen LogP contribution is 2.45. The molecule has 0 saturated heterocycles. The number of furan rings is 2. The van der Waals surface area contributed by atoms with E-state index >= 15 is 0 Å². The molecule has 6 heteroatoms. The third-order valence-electron chi connectivity index (χ3n) is 10.3. The molecule has 3 heterocycles. The van der Waals surface area contributed by atoms with E-state index in [1.165, 1.54) is 0 Å². The smallest absolute Gasteiger partial charge is 0.143 e.